The van der Waals surface area contributed by atoms with Gasteiger partial charge >= 0.3 is 0 Å². The Bertz CT molecular complexity index is 3600. The highest BCUT2D eigenvalue weighted by atomic mass is 16.5. The lowest BCUT2D eigenvalue weighted by Gasteiger charge is -2.43. The van der Waals surface area contributed by atoms with E-state index in [2.05, 4.69) is 260 Å². The molecule has 4 heterocycles. The minimum atomic E-state index is -0.244. The number of fused-ring (bicyclic) bond motifs is 10. The largest absolute Gasteiger partial charge is 0.458 e. The minimum absolute atomic E-state index is 0.00997. The fourth-order valence-corrected chi connectivity index (χ4v) is 11.7. The first kappa shape index (κ1) is 47.1. The standard InChI is InChI=1S/C66H74BN3O/c1-61(2,3)39-23-28-44(29-24-39)68-54-36-43(65(13,14)15)37-56-58(54)67(48-35-42(64(10,11)12)27-32-55(48)71-56)49-38-53-57(45-21-19-20-22-52(45)70(53)66(16,17)18)60(59(49)68)69-50-30-25-40(62(4,5)6)33-46(50)47-34-41(63(7,8)9)26-31-51(47)69/h19-38H,1-18H3. The van der Waals surface area contributed by atoms with Crippen LogP contribution >= 0.6 is 0 Å². The van der Waals surface area contributed by atoms with Crippen molar-refractivity contribution in [1.29, 1.82) is 0 Å². The molecule has 5 heteroatoms. The molecular formula is C66H74BN3O. The van der Waals surface area contributed by atoms with Crippen molar-refractivity contribution >= 4 is 83.8 Å². The van der Waals surface area contributed by atoms with Crippen molar-refractivity contribution in [2.24, 2.45) is 0 Å². The van der Waals surface area contributed by atoms with E-state index in [9.17, 15) is 0 Å². The number of hydrogen-bond acceptors (Lipinski definition) is 2. The van der Waals surface area contributed by atoms with Gasteiger partial charge in [-0.1, -0.05) is 158 Å². The Kier molecular flexibility index (Phi) is 10.1. The Balaban J connectivity index is 1.42. The number of rotatable bonds is 2. The molecule has 0 aliphatic carbocycles. The molecule has 2 aromatic heterocycles. The molecule has 2 aliphatic rings. The third-order valence-corrected chi connectivity index (χ3v) is 15.8. The third-order valence-electron chi connectivity index (χ3n) is 15.8. The summed E-state index contributed by atoms with van der Waals surface area (Å²) in [5, 5.41) is 5.08. The van der Waals surface area contributed by atoms with Crippen molar-refractivity contribution in [2.45, 2.75) is 157 Å². The topological polar surface area (TPSA) is 22.3 Å². The molecule has 0 radical (unpaired) electrons. The van der Waals surface area contributed by atoms with Gasteiger partial charge in [-0.3, -0.25) is 0 Å². The van der Waals surface area contributed by atoms with E-state index in [0.29, 0.717) is 0 Å². The average molecular weight is 936 g/mol. The number of para-hydroxylation sites is 1. The van der Waals surface area contributed by atoms with Crippen molar-refractivity contribution < 1.29 is 4.74 Å². The van der Waals surface area contributed by atoms with Gasteiger partial charge in [-0.25, -0.2) is 0 Å². The molecule has 0 fully saturated rings. The number of nitrogens with zero attached hydrogens (tertiary/aromatic N) is 3. The summed E-state index contributed by atoms with van der Waals surface area (Å²) in [5.74, 6) is 1.87. The average Bonchev–Trinajstić information content (AvgIpc) is 3.79. The van der Waals surface area contributed by atoms with Gasteiger partial charge in [0, 0.05) is 44.0 Å². The van der Waals surface area contributed by atoms with E-state index in [1.807, 2.05) is 0 Å². The highest BCUT2D eigenvalue weighted by Crippen LogP contribution is 2.51. The van der Waals surface area contributed by atoms with Crippen LogP contribution in [0, 0.1) is 0 Å². The highest BCUT2D eigenvalue weighted by Gasteiger charge is 2.46. The number of hydrogen-bond donors (Lipinski definition) is 0. The van der Waals surface area contributed by atoms with Crippen LogP contribution in [0.25, 0.3) is 49.3 Å². The van der Waals surface area contributed by atoms with Gasteiger partial charge in [0.15, 0.2) is 0 Å². The maximum Gasteiger partial charge on any atom is 0.256 e. The van der Waals surface area contributed by atoms with Gasteiger partial charge < -0.3 is 18.8 Å². The van der Waals surface area contributed by atoms with Crippen LogP contribution in [0.4, 0.5) is 17.1 Å². The van der Waals surface area contributed by atoms with Gasteiger partial charge in [0.05, 0.1) is 27.9 Å². The fourth-order valence-electron chi connectivity index (χ4n) is 11.7. The van der Waals surface area contributed by atoms with E-state index in [1.54, 1.807) is 0 Å². The minimum Gasteiger partial charge on any atom is -0.458 e. The van der Waals surface area contributed by atoms with Crippen LogP contribution in [0.3, 0.4) is 0 Å². The number of benzene rings is 7. The zero-order valence-electron chi connectivity index (χ0n) is 45.9. The Hall–Kier alpha value is -6.20. The smallest absolute Gasteiger partial charge is 0.256 e. The van der Waals surface area contributed by atoms with Crippen LogP contribution in [-0.4, -0.2) is 15.8 Å². The van der Waals surface area contributed by atoms with Crippen LogP contribution in [0.2, 0.25) is 0 Å². The van der Waals surface area contributed by atoms with Crippen molar-refractivity contribution in [2.75, 3.05) is 4.90 Å². The summed E-state index contributed by atoms with van der Waals surface area (Å²) in [6, 6.07) is 47.7. The second kappa shape index (κ2) is 15.2. The van der Waals surface area contributed by atoms with E-state index in [1.165, 1.54) is 105 Å². The van der Waals surface area contributed by atoms with Gasteiger partial charge in [-0.2, -0.15) is 0 Å². The summed E-state index contributed by atoms with van der Waals surface area (Å²) in [4.78, 5) is 2.64. The lowest BCUT2D eigenvalue weighted by atomic mass is 9.33. The highest BCUT2D eigenvalue weighted by molar-refractivity contribution is 6.99. The van der Waals surface area contributed by atoms with E-state index >= 15 is 0 Å². The Morgan fingerprint density at radius 1 is 0.394 bits per heavy atom. The van der Waals surface area contributed by atoms with Crippen molar-refractivity contribution in [3.8, 4) is 17.2 Å². The molecule has 0 atom stereocenters. The molecule has 11 rings (SSSR count). The molecule has 362 valence electrons. The van der Waals surface area contributed by atoms with Crippen molar-refractivity contribution in [3.05, 3.63) is 149 Å². The predicted molar refractivity (Wildman–Crippen MR) is 308 cm³/mol. The summed E-state index contributed by atoms with van der Waals surface area (Å²) in [7, 11) is 0. The molecule has 2 aliphatic heterocycles. The molecule has 4 nitrogen and oxygen atoms in total. The quantitative estimate of drug-likeness (QED) is 0.161. The van der Waals surface area contributed by atoms with Gasteiger partial charge in [-0.15, -0.1) is 0 Å². The molecule has 0 bridgehead atoms. The second-order valence-corrected chi connectivity index (χ2v) is 27.2. The molecule has 0 N–H and O–H groups in total. The maximum atomic E-state index is 7.26. The molecule has 0 spiro atoms. The van der Waals surface area contributed by atoms with Crippen molar-refractivity contribution in [1.82, 2.24) is 9.13 Å². The number of aromatic nitrogens is 2. The lowest BCUT2D eigenvalue weighted by molar-refractivity contribution is 0.423. The first-order valence-corrected chi connectivity index (χ1v) is 26.1. The summed E-state index contributed by atoms with van der Waals surface area (Å²) in [5.41, 5.74) is 19.3. The summed E-state index contributed by atoms with van der Waals surface area (Å²) < 4.78 is 12.6. The van der Waals surface area contributed by atoms with Gasteiger partial charge in [0.2, 0.25) is 0 Å². The van der Waals surface area contributed by atoms with Gasteiger partial charge in [0.25, 0.3) is 6.71 Å². The molecule has 71 heavy (non-hydrogen) atoms. The number of anilines is 3. The van der Waals surface area contributed by atoms with Crippen LogP contribution < -0.4 is 26.0 Å². The fraction of sp³-hybridized carbons (Fsp3) is 0.364. The first-order chi connectivity index (χ1) is 33.0. The molecule has 7 aromatic carbocycles. The first-order valence-electron chi connectivity index (χ1n) is 26.1. The summed E-state index contributed by atoms with van der Waals surface area (Å²) >= 11 is 0. The van der Waals surface area contributed by atoms with Crippen LogP contribution in [0.1, 0.15) is 152 Å². The molecular weight excluding hydrogens is 862 g/mol. The normalized spacial score (nSPS) is 14.4. The number of ether oxygens (including phenoxy) is 1. The Labute approximate surface area is 424 Å². The molecule has 0 saturated heterocycles. The zero-order valence-corrected chi connectivity index (χ0v) is 45.9. The third kappa shape index (κ3) is 7.37. The maximum absolute atomic E-state index is 7.26. The molecule has 0 saturated carbocycles. The lowest BCUT2D eigenvalue weighted by Crippen LogP contribution is -2.60. The molecule has 0 unspecified atom stereocenters. The van der Waals surface area contributed by atoms with Crippen LogP contribution in [0.5, 0.6) is 11.5 Å². The molecule has 0 amide bonds. The molecule has 9 aromatic rings. The van der Waals surface area contributed by atoms with Gasteiger partial charge in [0.1, 0.15) is 11.5 Å². The Morgan fingerprint density at radius 3 is 1.46 bits per heavy atom. The van der Waals surface area contributed by atoms with Gasteiger partial charge in [-0.05, 0) is 159 Å². The Morgan fingerprint density at radius 2 is 0.915 bits per heavy atom. The monoisotopic (exact) mass is 936 g/mol. The van der Waals surface area contributed by atoms with E-state index in [4.69, 9.17) is 4.74 Å². The SMILES string of the molecule is CC(C)(C)c1ccc(N2c3cc(C(C)(C)C)cc4c3B(c3cc(C(C)(C)C)ccc3O4)c3cc4c(c(-n5c6ccc(C(C)(C)C)cc6c6cc(C(C)(C)C)ccc65)c32)c2ccccc2n4C(C)(C)C)cc1. The van der Waals surface area contributed by atoms with Crippen molar-refractivity contribution in [3.63, 3.8) is 0 Å². The second-order valence-electron chi connectivity index (χ2n) is 27.2. The summed E-state index contributed by atoms with van der Waals surface area (Å²) in [6.07, 6.45) is 0. The van der Waals surface area contributed by atoms with E-state index in [-0.39, 0.29) is 39.3 Å². The zero-order chi connectivity index (χ0) is 50.9. The summed E-state index contributed by atoms with van der Waals surface area (Å²) in [6.45, 7) is 41.9. The van der Waals surface area contributed by atoms with Crippen LogP contribution in [-0.2, 0) is 32.6 Å². The van der Waals surface area contributed by atoms with E-state index < -0.39 is 0 Å². The van der Waals surface area contributed by atoms with E-state index in [0.717, 1.165) is 17.2 Å². The predicted octanol–water partition coefficient (Wildman–Crippen LogP) is 16.5. The van der Waals surface area contributed by atoms with Crippen LogP contribution in [0.15, 0.2) is 121 Å².